The second kappa shape index (κ2) is 7.47. The van der Waals surface area contributed by atoms with Crippen molar-refractivity contribution >= 4 is 34.1 Å². The Hall–Kier alpha value is -3.13. The highest BCUT2D eigenvalue weighted by molar-refractivity contribution is 6.29. The Kier molecular flexibility index (Phi) is 4.87. The summed E-state index contributed by atoms with van der Waals surface area (Å²) in [4.78, 5) is 45.4. The largest absolute Gasteiger partial charge is 0.353 e. The van der Waals surface area contributed by atoms with Crippen LogP contribution in [0.3, 0.4) is 0 Å². The molecule has 4 rings (SSSR count). The summed E-state index contributed by atoms with van der Waals surface area (Å²) >= 11 is 5.94. The maximum absolute atomic E-state index is 12.7. The topological polar surface area (TPSA) is 91.3 Å². The van der Waals surface area contributed by atoms with Crippen LogP contribution in [0.2, 0.25) is 5.15 Å². The number of aromatic amines is 1. The molecule has 28 heavy (non-hydrogen) atoms. The molecule has 0 bridgehead atoms. The minimum absolute atomic E-state index is 0.200. The van der Waals surface area contributed by atoms with E-state index in [1.165, 1.54) is 0 Å². The summed E-state index contributed by atoms with van der Waals surface area (Å²) in [6.45, 7) is 2.03. The van der Waals surface area contributed by atoms with Crippen molar-refractivity contribution in [2.75, 3.05) is 31.1 Å². The normalized spacial score (nSPS) is 14.5. The van der Waals surface area contributed by atoms with Gasteiger partial charge in [0.05, 0.1) is 10.8 Å². The van der Waals surface area contributed by atoms with Crippen molar-refractivity contribution in [2.24, 2.45) is 0 Å². The third kappa shape index (κ3) is 3.50. The molecular formula is C19H18ClN5O3. The van der Waals surface area contributed by atoms with Crippen LogP contribution >= 0.6 is 11.6 Å². The van der Waals surface area contributed by atoms with Crippen molar-refractivity contribution < 1.29 is 4.79 Å². The van der Waals surface area contributed by atoms with Crippen LogP contribution in [0.4, 0.5) is 5.82 Å². The Morgan fingerprint density at radius 3 is 2.43 bits per heavy atom. The van der Waals surface area contributed by atoms with Crippen molar-refractivity contribution in [1.29, 1.82) is 0 Å². The zero-order valence-corrected chi connectivity index (χ0v) is 15.7. The van der Waals surface area contributed by atoms with E-state index in [9.17, 15) is 14.4 Å². The average Bonchev–Trinajstić information content (AvgIpc) is 2.72. The number of carbonyl (C=O) groups excluding carboxylic acids is 1. The van der Waals surface area contributed by atoms with Crippen LogP contribution in [0.15, 0.2) is 52.1 Å². The monoisotopic (exact) mass is 399 g/mol. The number of amides is 1. The Morgan fingerprint density at radius 1 is 1.00 bits per heavy atom. The van der Waals surface area contributed by atoms with Gasteiger partial charge in [0, 0.05) is 26.2 Å². The Morgan fingerprint density at radius 2 is 1.71 bits per heavy atom. The predicted molar refractivity (Wildman–Crippen MR) is 107 cm³/mol. The van der Waals surface area contributed by atoms with Gasteiger partial charge in [0.1, 0.15) is 17.5 Å². The van der Waals surface area contributed by atoms with Crippen molar-refractivity contribution in [3.8, 4) is 0 Å². The molecule has 0 aliphatic carbocycles. The predicted octanol–water partition coefficient (Wildman–Crippen LogP) is 1.09. The lowest BCUT2D eigenvalue weighted by atomic mass is 10.2. The molecule has 1 saturated heterocycles. The molecule has 1 aliphatic rings. The molecule has 0 saturated carbocycles. The van der Waals surface area contributed by atoms with E-state index in [4.69, 9.17) is 11.6 Å². The standard InChI is InChI=1S/C19H18ClN5O3/c20-15-6-3-7-16(21-15)23-8-10-24(11-9-23)17(26)12-25-19(28)14-5-2-1-4-13(14)18(27)22-25/h1-7H,8-12H2,(H,22,27). The van der Waals surface area contributed by atoms with Gasteiger partial charge in [0.2, 0.25) is 5.91 Å². The van der Waals surface area contributed by atoms with Crippen molar-refractivity contribution in [1.82, 2.24) is 19.7 Å². The third-order valence-corrected chi connectivity index (χ3v) is 5.04. The van der Waals surface area contributed by atoms with Crippen LogP contribution in [0.5, 0.6) is 0 Å². The molecule has 1 aliphatic heterocycles. The maximum atomic E-state index is 12.7. The number of nitrogens with one attached hydrogen (secondary N) is 1. The number of halogens is 1. The lowest BCUT2D eigenvalue weighted by Gasteiger charge is -2.35. The molecule has 9 heteroatoms. The number of hydrogen-bond acceptors (Lipinski definition) is 5. The number of pyridine rings is 1. The number of hydrogen-bond donors (Lipinski definition) is 1. The van der Waals surface area contributed by atoms with Gasteiger partial charge >= 0.3 is 0 Å². The molecule has 0 radical (unpaired) electrons. The summed E-state index contributed by atoms with van der Waals surface area (Å²) in [7, 11) is 0. The quantitative estimate of drug-likeness (QED) is 0.666. The van der Waals surface area contributed by atoms with E-state index in [0.717, 1.165) is 10.5 Å². The van der Waals surface area contributed by atoms with Crippen LogP contribution in [0.1, 0.15) is 0 Å². The number of aromatic nitrogens is 3. The third-order valence-electron chi connectivity index (χ3n) is 4.83. The molecule has 3 heterocycles. The van der Waals surface area contributed by atoms with Crippen molar-refractivity contribution in [2.45, 2.75) is 6.54 Å². The number of anilines is 1. The number of benzene rings is 1. The van der Waals surface area contributed by atoms with Gasteiger partial charge in [-0.1, -0.05) is 29.8 Å². The average molecular weight is 400 g/mol. The van der Waals surface area contributed by atoms with Gasteiger partial charge in [-0.25, -0.2) is 9.67 Å². The molecule has 0 spiro atoms. The van der Waals surface area contributed by atoms with E-state index < -0.39 is 0 Å². The molecule has 1 N–H and O–H groups in total. The molecule has 0 atom stereocenters. The SMILES string of the molecule is O=C(Cn1[nH]c(=O)c2ccccc2c1=O)N1CCN(c2cccc(Cl)n2)CC1. The van der Waals surface area contributed by atoms with Gasteiger partial charge < -0.3 is 9.80 Å². The van der Waals surface area contributed by atoms with E-state index in [0.29, 0.717) is 42.1 Å². The van der Waals surface area contributed by atoms with Gasteiger partial charge in [-0.05, 0) is 24.3 Å². The second-order valence-electron chi connectivity index (χ2n) is 6.56. The molecule has 0 unspecified atom stereocenters. The first-order chi connectivity index (χ1) is 13.5. The molecule has 1 amide bonds. The number of H-pyrrole nitrogens is 1. The number of piperazine rings is 1. The summed E-state index contributed by atoms with van der Waals surface area (Å²) < 4.78 is 1.08. The Bertz CT molecular complexity index is 1150. The summed E-state index contributed by atoms with van der Waals surface area (Å²) in [5.74, 6) is 0.557. The molecular weight excluding hydrogens is 382 g/mol. The van der Waals surface area contributed by atoms with Crippen LogP contribution in [0, 0.1) is 0 Å². The first kappa shape index (κ1) is 18.2. The van der Waals surface area contributed by atoms with Gasteiger partial charge in [-0.15, -0.1) is 0 Å². The van der Waals surface area contributed by atoms with Crippen LogP contribution in [-0.2, 0) is 11.3 Å². The smallest absolute Gasteiger partial charge is 0.273 e. The lowest BCUT2D eigenvalue weighted by molar-refractivity contribution is -0.132. The minimum atomic E-state index is -0.389. The number of nitrogens with zero attached hydrogens (tertiary/aromatic N) is 4. The van der Waals surface area contributed by atoms with Crippen molar-refractivity contribution in [3.63, 3.8) is 0 Å². The fourth-order valence-electron chi connectivity index (χ4n) is 3.35. The maximum Gasteiger partial charge on any atom is 0.273 e. The fourth-order valence-corrected chi connectivity index (χ4v) is 3.51. The van der Waals surface area contributed by atoms with E-state index in [1.54, 1.807) is 35.2 Å². The molecule has 1 fully saturated rings. The Balaban J connectivity index is 1.47. The number of rotatable bonds is 3. The fraction of sp³-hybridized carbons (Fsp3) is 0.263. The van der Waals surface area contributed by atoms with Gasteiger partial charge in [-0.2, -0.15) is 0 Å². The molecule has 1 aromatic carbocycles. The number of fused-ring (bicyclic) bond motifs is 1. The highest BCUT2D eigenvalue weighted by Crippen LogP contribution is 2.16. The highest BCUT2D eigenvalue weighted by Gasteiger charge is 2.23. The first-order valence-corrected chi connectivity index (χ1v) is 9.28. The second-order valence-corrected chi connectivity index (χ2v) is 6.95. The van der Waals surface area contributed by atoms with Crippen LogP contribution < -0.4 is 16.0 Å². The minimum Gasteiger partial charge on any atom is -0.353 e. The van der Waals surface area contributed by atoms with E-state index in [-0.39, 0.29) is 23.6 Å². The zero-order chi connectivity index (χ0) is 19.7. The molecule has 3 aromatic rings. The molecule has 2 aromatic heterocycles. The van der Waals surface area contributed by atoms with E-state index in [2.05, 4.69) is 15.0 Å². The first-order valence-electron chi connectivity index (χ1n) is 8.90. The van der Waals surface area contributed by atoms with Crippen LogP contribution in [-0.4, -0.2) is 51.8 Å². The summed E-state index contributed by atoms with van der Waals surface area (Å²) in [5.41, 5.74) is -0.773. The van der Waals surface area contributed by atoms with Gasteiger partial charge in [-0.3, -0.25) is 19.5 Å². The molecule has 8 nitrogen and oxygen atoms in total. The van der Waals surface area contributed by atoms with E-state index >= 15 is 0 Å². The van der Waals surface area contributed by atoms with Gasteiger partial charge in [0.15, 0.2) is 0 Å². The Labute approximate surface area is 164 Å². The zero-order valence-electron chi connectivity index (χ0n) is 15.0. The van der Waals surface area contributed by atoms with Crippen LogP contribution in [0.25, 0.3) is 10.8 Å². The number of carbonyl (C=O) groups is 1. The van der Waals surface area contributed by atoms with Crippen molar-refractivity contribution in [3.05, 3.63) is 68.3 Å². The van der Waals surface area contributed by atoms with E-state index in [1.807, 2.05) is 12.1 Å². The lowest BCUT2D eigenvalue weighted by Crippen LogP contribution is -2.50. The highest BCUT2D eigenvalue weighted by atomic mass is 35.5. The summed E-state index contributed by atoms with van der Waals surface area (Å²) in [6, 6.07) is 12.0. The van der Waals surface area contributed by atoms with Gasteiger partial charge in [0.25, 0.3) is 11.1 Å². The summed E-state index contributed by atoms with van der Waals surface area (Å²) in [6.07, 6.45) is 0. The molecule has 144 valence electrons. The summed E-state index contributed by atoms with van der Waals surface area (Å²) in [5, 5.41) is 3.54.